The van der Waals surface area contributed by atoms with Gasteiger partial charge in [-0.15, -0.1) is 0 Å². The van der Waals surface area contributed by atoms with Gasteiger partial charge < -0.3 is 15.4 Å². The lowest BCUT2D eigenvalue weighted by Gasteiger charge is -2.18. The summed E-state index contributed by atoms with van der Waals surface area (Å²) in [6.45, 7) is -3.54. The van der Waals surface area contributed by atoms with Crippen LogP contribution in [0, 0.1) is 11.3 Å². The third-order valence-electron chi connectivity index (χ3n) is 4.19. The van der Waals surface area contributed by atoms with E-state index in [4.69, 9.17) is 5.26 Å². The van der Waals surface area contributed by atoms with Gasteiger partial charge in [-0.25, -0.2) is 8.42 Å². The molecule has 0 heterocycles. The van der Waals surface area contributed by atoms with Crippen molar-refractivity contribution in [1.82, 2.24) is 10.6 Å². The third-order valence-corrected chi connectivity index (χ3v) is 5.78. The van der Waals surface area contributed by atoms with Gasteiger partial charge >= 0.3 is 6.61 Å². The minimum atomic E-state index is -4.08. The Morgan fingerprint density at radius 1 is 1.09 bits per heavy atom. The number of alkyl halides is 2. The van der Waals surface area contributed by atoms with E-state index in [-0.39, 0.29) is 11.3 Å². The molecule has 0 aliphatic carbocycles. The third kappa shape index (κ3) is 9.08. The van der Waals surface area contributed by atoms with Crippen LogP contribution in [0.3, 0.4) is 0 Å². The fourth-order valence-corrected chi connectivity index (χ4v) is 4.35. The van der Waals surface area contributed by atoms with Crippen molar-refractivity contribution >= 4 is 27.7 Å². The molecule has 2 N–H and O–H groups in total. The number of benzene rings is 2. The number of sulfone groups is 1. The molecule has 8 nitrogen and oxygen atoms in total. The minimum Gasteiger partial charge on any atom is -0.435 e. The number of para-hydroxylation sites is 1. The van der Waals surface area contributed by atoms with Crippen molar-refractivity contribution < 1.29 is 31.5 Å². The first-order valence-corrected chi connectivity index (χ1v) is 11.4. The van der Waals surface area contributed by atoms with E-state index in [0.717, 1.165) is 6.08 Å². The molecule has 33 heavy (non-hydrogen) atoms. The number of hydrogen-bond donors (Lipinski definition) is 2. The zero-order chi connectivity index (χ0) is 24.3. The van der Waals surface area contributed by atoms with Gasteiger partial charge in [-0.2, -0.15) is 14.0 Å². The molecule has 0 saturated carbocycles. The van der Waals surface area contributed by atoms with Gasteiger partial charge in [-0.1, -0.05) is 48.5 Å². The van der Waals surface area contributed by atoms with Crippen molar-refractivity contribution in [2.24, 2.45) is 0 Å². The number of rotatable bonds is 11. The Balaban J connectivity index is 2.16. The smallest absolute Gasteiger partial charge is 0.387 e. The Bertz CT molecular complexity index is 1130. The quantitative estimate of drug-likeness (QED) is 0.377. The maximum absolute atomic E-state index is 12.7. The Morgan fingerprint density at radius 2 is 1.76 bits per heavy atom. The highest BCUT2D eigenvalue weighted by atomic mass is 32.2. The van der Waals surface area contributed by atoms with Crippen LogP contribution in [0.2, 0.25) is 0 Å². The van der Waals surface area contributed by atoms with E-state index >= 15 is 0 Å². The topological polar surface area (TPSA) is 125 Å². The van der Waals surface area contributed by atoms with Crippen LogP contribution in [-0.2, 0) is 25.2 Å². The van der Waals surface area contributed by atoms with Crippen molar-refractivity contribution in [1.29, 1.82) is 5.26 Å². The highest BCUT2D eigenvalue weighted by molar-refractivity contribution is 7.90. The lowest BCUT2D eigenvalue weighted by molar-refractivity contribution is -0.126. The number of carbonyl (C=O) groups excluding carboxylic acids is 2. The Morgan fingerprint density at radius 3 is 2.42 bits per heavy atom. The number of nitrogens with one attached hydrogen (secondary N) is 2. The summed E-state index contributed by atoms with van der Waals surface area (Å²) in [7, 11) is -4.08. The fraction of sp³-hybridized carbons (Fsp3) is 0.227. The molecule has 2 rings (SSSR count). The van der Waals surface area contributed by atoms with E-state index in [1.165, 1.54) is 30.3 Å². The zero-order valence-corrected chi connectivity index (χ0v) is 18.1. The van der Waals surface area contributed by atoms with E-state index < -0.39 is 52.4 Å². The lowest BCUT2D eigenvalue weighted by Crippen LogP contribution is -2.50. The van der Waals surface area contributed by atoms with Crippen LogP contribution < -0.4 is 15.4 Å². The monoisotopic (exact) mass is 477 g/mol. The summed E-state index contributed by atoms with van der Waals surface area (Å²) in [4.78, 5) is 24.6. The molecule has 2 amide bonds. The van der Waals surface area contributed by atoms with Crippen LogP contribution in [0.15, 0.2) is 60.7 Å². The van der Waals surface area contributed by atoms with E-state index in [1.54, 1.807) is 36.4 Å². The molecule has 2 aromatic rings. The van der Waals surface area contributed by atoms with Gasteiger partial charge in [0.1, 0.15) is 18.3 Å². The van der Waals surface area contributed by atoms with Gasteiger partial charge in [0, 0.05) is 11.6 Å². The van der Waals surface area contributed by atoms with Crippen molar-refractivity contribution in [2.45, 2.75) is 18.4 Å². The molecule has 0 aliphatic rings. The van der Waals surface area contributed by atoms with Crippen LogP contribution >= 0.6 is 0 Å². The van der Waals surface area contributed by atoms with E-state index in [9.17, 15) is 26.8 Å². The number of nitrogens with zero attached hydrogens (tertiary/aromatic N) is 1. The Hall–Kier alpha value is -3.78. The first kappa shape index (κ1) is 25.5. The second-order valence-corrected chi connectivity index (χ2v) is 8.83. The molecular weight excluding hydrogens is 456 g/mol. The van der Waals surface area contributed by atoms with Crippen LogP contribution in [0.1, 0.15) is 11.1 Å². The van der Waals surface area contributed by atoms with Gasteiger partial charge in [-0.3, -0.25) is 9.59 Å². The molecule has 0 radical (unpaired) electrons. The van der Waals surface area contributed by atoms with Crippen LogP contribution in [0.25, 0.3) is 6.08 Å². The largest absolute Gasteiger partial charge is 0.435 e. The summed E-state index contributed by atoms with van der Waals surface area (Å²) < 4.78 is 55.0. The predicted octanol–water partition coefficient (Wildman–Crippen LogP) is 2.04. The predicted molar refractivity (Wildman–Crippen MR) is 117 cm³/mol. The first-order valence-electron chi connectivity index (χ1n) is 9.61. The standard InChI is InChI=1S/C22H21F2N3O5S/c23-22(24)32-19-9-5-4-8-17(19)14-33(30,31)15-18(21(29)26-13-12-25)27-20(28)11-10-16-6-2-1-3-7-16/h1-11,18,22H,13-15H2,(H,26,29)(H,27,28)/b11-10+/t18-/m0/s1. The number of ether oxygens (including phenoxy) is 1. The number of halogens is 2. The van der Waals surface area contributed by atoms with E-state index in [0.29, 0.717) is 5.56 Å². The fourth-order valence-electron chi connectivity index (χ4n) is 2.77. The van der Waals surface area contributed by atoms with Crippen molar-refractivity contribution in [3.8, 4) is 11.8 Å². The minimum absolute atomic E-state index is 0.0238. The van der Waals surface area contributed by atoms with E-state index in [1.807, 2.05) is 0 Å². The number of nitriles is 1. The lowest BCUT2D eigenvalue weighted by atomic mass is 10.2. The highest BCUT2D eigenvalue weighted by Gasteiger charge is 2.28. The molecular formula is C22H21F2N3O5S. The molecule has 174 valence electrons. The van der Waals surface area contributed by atoms with E-state index in [2.05, 4.69) is 15.4 Å². The van der Waals surface area contributed by atoms with Crippen LogP contribution in [-0.4, -0.2) is 45.2 Å². The Labute approximate surface area is 189 Å². The molecule has 11 heteroatoms. The molecule has 1 atom stereocenters. The summed E-state index contributed by atoms with van der Waals surface area (Å²) in [6, 6.07) is 14.3. The molecule has 0 unspecified atom stereocenters. The van der Waals surface area contributed by atoms with Gasteiger partial charge in [0.25, 0.3) is 0 Å². The summed E-state index contributed by atoms with van der Waals surface area (Å²) in [6.07, 6.45) is 2.62. The number of amides is 2. The average Bonchev–Trinajstić information content (AvgIpc) is 2.77. The van der Waals surface area contributed by atoms with Gasteiger partial charge in [0.15, 0.2) is 9.84 Å². The summed E-state index contributed by atoms with van der Waals surface area (Å²) in [5, 5.41) is 13.2. The molecule has 0 aromatic heterocycles. The van der Waals surface area contributed by atoms with Gasteiger partial charge in [-0.05, 0) is 17.7 Å². The van der Waals surface area contributed by atoms with Crippen LogP contribution in [0.4, 0.5) is 8.78 Å². The first-order chi connectivity index (χ1) is 15.7. The van der Waals surface area contributed by atoms with Crippen molar-refractivity contribution in [2.75, 3.05) is 12.3 Å². The van der Waals surface area contributed by atoms with Crippen LogP contribution in [0.5, 0.6) is 5.75 Å². The maximum atomic E-state index is 12.7. The molecule has 2 aromatic carbocycles. The van der Waals surface area contributed by atoms with Gasteiger partial charge in [0.05, 0.1) is 17.6 Å². The Kier molecular flexibility index (Phi) is 9.50. The van der Waals surface area contributed by atoms with Gasteiger partial charge in [0.2, 0.25) is 11.8 Å². The SMILES string of the molecule is N#CCNC(=O)[C@H](CS(=O)(=O)Cc1ccccc1OC(F)F)NC(=O)/C=C/c1ccccc1. The average molecular weight is 477 g/mol. The zero-order valence-electron chi connectivity index (χ0n) is 17.3. The molecule has 0 spiro atoms. The molecule has 0 aliphatic heterocycles. The molecule has 0 fully saturated rings. The molecule has 0 bridgehead atoms. The number of carbonyl (C=O) groups is 2. The summed E-state index contributed by atoms with van der Waals surface area (Å²) in [5.41, 5.74) is 0.686. The van der Waals surface area contributed by atoms with Crippen molar-refractivity contribution in [3.63, 3.8) is 0 Å². The number of hydrogen-bond acceptors (Lipinski definition) is 6. The molecule has 0 saturated heterocycles. The normalized spacial score (nSPS) is 12.2. The second kappa shape index (κ2) is 12.3. The van der Waals surface area contributed by atoms with Crippen molar-refractivity contribution in [3.05, 3.63) is 71.8 Å². The summed E-state index contributed by atoms with van der Waals surface area (Å²) >= 11 is 0. The maximum Gasteiger partial charge on any atom is 0.387 e. The summed E-state index contributed by atoms with van der Waals surface area (Å²) in [5.74, 6) is -3.44. The second-order valence-electron chi connectivity index (χ2n) is 6.72. The highest BCUT2D eigenvalue weighted by Crippen LogP contribution is 2.23.